The molecule has 0 aliphatic rings. The second-order valence-corrected chi connectivity index (χ2v) is 12.9. The zero-order chi connectivity index (χ0) is 23.6. The molecular weight excluding hydrogens is 504 g/mol. The fourth-order valence-electron chi connectivity index (χ4n) is 2.10. The van der Waals surface area contributed by atoms with E-state index in [1.807, 2.05) is 0 Å². The molecule has 0 N–H and O–H groups in total. The van der Waals surface area contributed by atoms with Crippen LogP contribution in [-0.4, -0.2) is 126 Å². The molecule has 0 radical (unpaired) electrons. The Labute approximate surface area is 203 Å². The van der Waals surface area contributed by atoms with Crippen molar-refractivity contribution in [2.45, 2.75) is 19.6 Å². The third-order valence-corrected chi connectivity index (χ3v) is 4.98. The number of hydrogen-bond acceptors (Lipinski definition) is 9. The average Bonchev–Trinajstić information content (AvgIpc) is 2.75. The average molecular weight is 550 g/mol. The third-order valence-electron chi connectivity index (χ3n) is 3.59. The van der Waals surface area contributed by atoms with Crippen molar-refractivity contribution in [2.75, 3.05) is 118 Å². The van der Waals surface area contributed by atoms with Gasteiger partial charge in [0, 0.05) is 5.33 Å². The van der Waals surface area contributed by atoms with E-state index >= 15 is 0 Å². The van der Waals surface area contributed by atoms with E-state index in [4.69, 9.17) is 42.3 Å². The maximum atomic E-state index is 5.70. The molecule has 0 aliphatic heterocycles. The summed E-state index contributed by atoms with van der Waals surface area (Å²) in [5.41, 5.74) is 0. The Morgan fingerprint density at radius 2 is 0.594 bits per heavy atom. The maximum absolute atomic E-state index is 5.70. The minimum Gasteiger partial charge on any atom is -0.415 e. The molecule has 32 heavy (non-hydrogen) atoms. The molecule has 0 aromatic carbocycles. The molecule has 0 spiro atoms. The zero-order valence-electron chi connectivity index (χ0n) is 20.3. The molecule has 0 unspecified atom stereocenters. The van der Waals surface area contributed by atoms with Crippen LogP contribution in [0.5, 0.6) is 0 Å². The van der Waals surface area contributed by atoms with Crippen molar-refractivity contribution in [1.29, 1.82) is 0 Å². The van der Waals surface area contributed by atoms with Gasteiger partial charge in [0.2, 0.25) is 0 Å². The smallest absolute Gasteiger partial charge is 0.183 e. The van der Waals surface area contributed by atoms with Gasteiger partial charge < -0.3 is 42.3 Å². The molecule has 0 aliphatic carbocycles. The minimum absolute atomic E-state index is 0.538. The van der Waals surface area contributed by atoms with Crippen LogP contribution in [0.1, 0.15) is 0 Å². The molecule has 0 aromatic heterocycles. The predicted octanol–water partition coefficient (Wildman–Crippen LogP) is 2.37. The molecule has 0 fully saturated rings. The topological polar surface area (TPSA) is 83.1 Å². The lowest BCUT2D eigenvalue weighted by Crippen LogP contribution is -2.27. The fourth-order valence-corrected chi connectivity index (χ4v) is 3.03. The third kappa shape index (κ3) is 30.3. The Balaban J connectivity index is 3.02. The molecule has 11 heteroatoms. The summed E-state index contributed by atoms with van der Waals surface area (Å²) in [4.78, 5) is 0. The number of alkyl halides is 1. The van der Waals surface area contributed by atoms with Gasteiger partial charge in [-0.05, 0) is 19.6 Å². The van der Waals surface area contributed by atoms with Crippen LogP contribution >= 0.6 is 15.9 Å². The zero-order valence-corrected chi connectivity index (χ0v) is 22.9. The minimum atomic E-state index is -1.44. The second-order valence-electron chi connectivity index (χ2n) is 7.55. The molecule has 0 bridgehead atoms. The summed E-state index contributed by atoms with van der Waals surface area (Å²) in [7, 11) is -1.44. The molecule has 0 aromatic rings. The highest BCUT2D eigenvalue weighted by Crippen LogP contribution is 2.01. The van der Waals surface area contributed by atoms with Gasteiger partial charge in [0.15, 0.2) is 8.32 Å². The van der Waals surface area contributed by atoms with Gasteiger partial charge in [-0.2, -0.15) is 0 Å². The van der Waals surface area contributed by atoms with Crippen molar-refractivity contribution in [3.63, 3.8) is 0 Å². The van der Waals surface area contributed by atoms with Gasteiger partial charge in [-0.25, -0.2) is 0 Å². The number of halogens is 1. The molecule has 0 amide bonds. The highest BCUT2D eigenvalue weighted by atomic mass is 79.9. The standard InChI is InChI=1S/C21H45BrO9Si/c1-32(2,3)31-21-20-30-19-18-29-17-16-28-15-14-27-13-12-26-11-10-25-9-8-24-7-6-23-5-4-22/h4-21H2,1-3H3. The van der Waals surface area contributed by atoms with Gasteiger partial charge in [0.25, 0.3) is 0 Å². The van der Waals surface area contributed by atoms with E-state index in [0.29, 0.717) is 112 Å². The second kappa shape index (κ2) is 26.0. The number of hydrogen-bond donors (Lipinski definition) is 0. The van der Waals surface area contributed by atoms with Crippen LogP contribution in [0.25, 0.3) is 0 Å². The lowest BCUT2D eigenvalue weighted by molar-refractivity contribution is -0.0233. The van der Waals surface area contributed by atoms with Crippen LogP contribution in [0.15, 0.2) is 0 Å². The van der Waals surface area contributed by atoms with Crippen molar-refractivity contribution in [1.82, 2.24) is 0 Å². The molecule has 0 saturated heterocycles. The van der Waals surface area contributed by atoms with E-state index in [9.17, 15) is 0 Å². The Hall–Kier alpha value is 0.337. The first-order valence-electron chi connectivity index (χ1n) is 11.4. The van der Waals surface area contributed by atoms with E-state index in [1.54, 1.807) is 0 Å². The van der Waals surface area contributed by atoms with Gasteiger partial charge in [0.1, 0.15) is 0 Å². The summed E-state index contributed by atoms with van der Waals surface area (Å²) < 4.78 is 49.0. The first kappa shape index (κ1) is 32.3. The SMILES string of the molecule is C[Si](C)(C)OCCOCCOCCOCCOCCOCCOCCOCCOCCBr. The van der Waals surface area contributed by atoms with Crippen LogP contribution in [-0.2, 0) is 42.3 Å². The van der Waals surface area contributed by atoms with E-state index in [1.165, 1.54) is 0 Å². The summed E-state index contributed by atoms with van der Waals surface area (Å²) in [6.45, 7) is 16.3. The Kier molecular flexibility index (Phi) is 26.2. The maximum Gasteiger partial charge on any atom is 0.183 e. The molecular formula is C21H45BrO9Si. The molecule has 9 nitrogen and oxygen atoms in total. The Morgan fingerprint density at radius 1 is 0.375 bits per heavy atom. The summed E-state index contributed by atoms with van der Waals surface area (Å²) in [5, 5.41) is 0.845. The first-order chi connectivity index (χ1) is 15.6. The van der Waals surface area contributed by atoms with Crippen LogP contribution in [0, 0.1) is 0 Å². The summed E-state index contributed by atoms with van der Waals surface area (Å²) in [5.74, 6) is 0. The normalized spacial score (nSPS) is 12.0. The molecule has 0 rings (SSSR count). The predicted molar refractivity (Wildman–Crippen MR) is 130 cm³/mol. The van der Waals surface area contributed by atoms with E-state index < -0.39 is 8.32 Å². The Bertz CT molecular complexity index is 363. The molecule has 194 valence electrons. The van der Waals surface area contributed by atoms with Gasteiger partial charge in [-0.3, -0.25) is 0 Å². The van der Waals surface area contributed by atoms with Crippen LogP contribution in [0.4, 0.5) is 0 Å². The van der Waals surface area contributed by atoms with Gasteiger partial charge >= 0.3 is 0 Å². The van der Waals surface area contributed by atoms with Crippen molar-refractivity contribution in [2.24, 2.45) is 0 Å². The van der Waals surface area contributed by atoms with E-state index in [0.717, 1.165) is 5.33 Å². The Morgan fingerprint density at radius 3 is 0.812 bits per heavy atom. The van der Waals surface area contributed by atoms with Crippen molar-refractivity contribution < 1.29 is 42.3 Å². The van der Waals surface area contributed by atoms with Crippen molar-refractivity contribution in [3.8, 4) is 0 Å². The van der Waals surface area contributed by atoms with E-state index in [2.05, 4.69) is 35.6 Å². The molecule has 0 atom stereocenters. The van der Waals surface area contributed by atoms with Gasteiger partial charge in [-0.15, -0.1) is 0 Å². The lowest BCUT2D eigenvalue weighted by atomic mass is 10.6. The largest absolute Gasteiger partial charge is 0.415 e. The summed E-state index contributed by atoms with van der Waals surface area (Å²) in [6, 6.07) is 0. The summed E-state index contributed by atoms with van der Waals surface area (Å²) in [6.07, 6.45) is 0. The highest BCUT2D eigenvalue weighted by molar-refractivity contribution is 9.09. The van der Waals surface area contributed by atoms with Crippen LogP contribution in [0.3, 0.4) is 0 Å². The van der Waals surface area contributed by atoms with Crippen molar-refractivity contribution >= 4 is 24.2 Å². The quantitative estimate of drug-likeness (QED) is 0.0872. The fraction of sp³-hybridized carbons (Fsp3) is 1.00. The molecule has 0 heterocycles. The van der Waals surface area contributed by atoms with Gasteiger partial charge in [0.05, 0.1) is 112 Å². The van der Waals surface area contributed by atoms with Gasteiger partial charge in [-0.1, -0.05) is 15.9 Å². The highest BCUT2D eigenvalue weighted by Gasteiger charge is 2.12. The molecule has 0 saturated carbocycles. The van der Waals surface area contributed by atoms with E-state index in [-0.39, 0.29) is 0 Å². The van der Waals surface area contributed by atoms with Crippen molar-refractivity contribution in [3.05, 3.63) is 0 Å². The number of rotatable bonds is 27. The monoisotopic (exact) mass is 548 g/mol. The summed E-state index contributed by atoms with van der Waals surface area (Å²) >= 11 is 3.30. The number of ether oxygens (including phenoxy) is 8. The lowest BCUT2D eigenvalue weighted by Gasteiger charge is -2.16. The van der Waals surface area contributed by atoms with Crippen LogP contribution < -0.4 is 0 Å². The first-order valence-corrected chi connectivity index (χ1v) is 15.9. The van der Waals surface area contributed by atoms with Crippen LogP contribution in [0.2, 0.25) is 19.6 Å².